The average molecular weight is 475 g/mol. The van der Waals surface area contributed by atoms with E-state index in [0.29, 0.717) is 41.5 Å². The van der Waals surface area contributed by atoms with Gasteiger partial charge >= 0.3 is 0 Å². The van der Waals surface area contributed by atoms with Crippen molar-refractivity contribution in [2.24, 2.45) is 28.3 Å². The lowest BCUT2D eigenvalue weighted by molar-refractivity contribution is -0.116. The molecule has 3 unspecified atom stereocenters. The van der Waals surface area contributed by atoms with Gasteiger partial charge in [-0.1, -0.05) is 24.2 Å². The molecule has 3 aliphatic carbocycles. The number of nitrogens with one attached hydrogen (secondary N) is 1. The van der Waals surface area contributed by atoms with E-state index in [-0.39, 0.29) is 17.1 Å². The summed E-state index contributed by atoms with van der Waals surface area (Å²) < 4.78 is 14.5. The van der Waals surface area contributed by atoms with E-state index in [0.717, 1.165) is 56.2 Å². The number of aromatic nitrogens is 1. The Morgan fingerprint density at radius 1 is 1.34 bits per heavy atom. The molecule has 182 valence electrons. The lowest BCUT2D eigenvalue weighted by Gasteiger charge is -2.50. The zero-order chi connectivity index (χ0) is 24.6. The SMILES string of the molecule is C[C@]12CCC3c4cccc(F)c4CCC3C1[C@H](CCCC(=O)Nc1ccc(C#N)cn1)C/C2=N\O. The molecular weight excluding hydrogens is 443 g/mol. The summed E-state index contributed by atoms with van der Waals surface area (Å²) in [6.07, 6.45) is 7.85. The van der Waals surface area contributed by atoms with Crippen molar-refractivity contribution >= 4 is 17.4 Å². The number of rotatable bonds is 5. The van der Waals surface area contributed by atoms with E-state index in [4.69, 9.17) is 5.26 Å². The maximum Gasteiger partial charge on any atom is 0.225 e. The van der Waals surface area contributed by atoms with E-state index in [1.54, 1.807) is 18.2 Å². The van der Waals surface area contributed by atoms with E-state index in [9.17, 15) is 14.4 Å². The van der Waals surface area contributed by atoms with Gasteiger partial charge in [-0.15, -0.1) is 0 Å². The van der Waals surface area contributed by atoms with Crippen molar-refractivity contribution < 1.29 is 14.4 Å². The second kappa shape index (κ2) is 9.41. The van der Waals surface area contributed by atoms with Crippen molar-refractivity contribution in [2.75, 3.05) is 5.32 Å². The molecule has 1 aromatic heterocycles. The summed E-state index contributed by atoms with van der Waals surface area (Å²) in [5.74, 6) is 1.75. The lowest BCUT2D eigenvalue weighted by atomic mass is 9.54. The van der Waals surface area contributed by atoms with Crippen LogP contribution in [0.2, 0.25) is 0 Å². The number of hydrogen-bond acceptors (Lipinski definition) is 5. The Hall–Kier alpha value is -3.27. The molecule has 6 nitrogen and oxygen atoms in total. The van der Waals surface area contributed by atoms with Crippen LogP contribution < -0.4 is 5.32 Å². The number of carbonyl (C=O) groups is 1. The maximum atomic E-state index is 14.5. The van der Waals surface area contributed by atoms with Crippen LogP contribution in [0.4, 0.5) is 10.2 Å². The van der Waals surface area contributed by atoms with Gasteiger partial charge in [0.2, 0.25) is 5.91 Å². The summed E-state index contributed by atoms with van der Waals surface area (Å²) in [7, 11) is 0. The van der Waals surface area contributed by atoms with Crippen LogP contribution >= 0.6 is 0 Å². The van der Waals surface area contributed by atoms with Gasteiger partial charge in [0.25, 0.3) is 0 Å². The number of amides is 1. The molecule has 0 spiro atoms. The highest BCUT2D eigenvalue weighted by atomic mass is 19.1. The van der Waals surface area contributed by atoms with Crippen LogP contribution in [-0.4, -0.2) is 21.8 Å². The number of carbonyl (C=O) groups excluding carboxylic acids is 1. The molecule has 3 aliphatic rings. The van der Waals surface area contributed by atoms with E-state index in [1.165, 1.54) is 11.8 Å². The summed E-state index contributed by atoms with van der Waals surface area (Å²) in [5, 5.41) is 25.3. The first-order valence-electron chi connectivity index (χ1n) is 12.6. The van der Waals surface area contributed by atoms with Gasteiger partial charge in [-0.2, -0.15) is 5.26 Å². The molecule has 0 bridgehead atoms. The minimum absolute atomic E-state index is 0.0855. The third-order valence-corrected chi connectivity index (χ3v) is 8.85. The zero-order valence-corrected chi connectivity index (χ0v) is 20.0. The third kappa shape index (κ3) is 4.20. The first-order chi connectivity index (χ1) is 16.9. The number of nitriles is 1. The minimum Gasteiger partial charge on any atom is -0.411 e. The average Bonchev–Trinajstić information content (AvgIpc) is 3.16. The van der Waals surface area contributed by atoms with Crippen molar-refractivity contribution in [1.82, 2.24) is 4.98 Å². The van der Waals surface area contributed by atoms with Crippen molar-refractivity contribution in [3.63, 3.8) is 0 Å². The molecule has 5 atom stereocenters. The highest BCUT2D eigenvalue weighted by Crippen LogP contribution is 2.62. The second-order valence-electron chi connectivity index (χ2n) is 10.6. The second-order valence-corrected chi connectivity index (χ2v) is 10.6. The predicted octanol–water partition coefficient (Wildman–Crippen LogP) is 5.81. The molecule has 7 heteroatoms. The highest BCUT2D eigenvalue weighted by Gasteiger charge is 2.57. The van der Waals surface area contributed by atoms with Crippen molar-refractivity contribution in [3.8, 4) is 6.07 Å². The Morgan fingerprint density at radius 3 is 2.94 bits per heavy atom. The fourth-order valence-corrected chi connectivity index (χ4v) is 7.34. The summed E-state index contributed by atoms with van der Waals surface area (Å²) in [6, 6.07) is 10.8. The van der Waals surface area contributed by atoms with Crippen LogP contribution in [0.1, 0.15) is 74.5 Å². The van der Waals surface area contributed by atoms with Gasteiger partial charge in [0, 0.05) is 18.0 Å². The topological polar surface area (TPSA) is 98.4 Å². The molecule has 1 heterocycles. The standard InChI is InChI=1S/C28H31FN4O2/c1-28-13-12-20-19-5-3-6-23(29)21(19)9-10-22(20)27(28)18(14-24(28)33-35)4-2-7-26(34)32-25-11-8-17(15-30)16-31-25/h3,5-6,8,11,16,18,20,22,27,35H,2,4,7,9-10,12-14H2,1H3,(H,31,32,34)/b33-24+/t18-,20?,22?,27?,28-/m1/s1. The van der Waals surface area contributed by atoms with Gasteiger partial charge in [-0.3, -0.25) is 4.79 Å². The fourth-order valence-electron chi connectivity index (χ4n) is 7.34. The van der Waals surface area contributed by atoms with Gasteiger partial charge in [-0.25, -0.2) is 9.37 Å². The fraction of sp³-hybridized carbons (Fsp3) is 0.500. The van der Waals surface area contributed by atoms with Gasteiger partial charge in [-0.05, 0) is 97.9 Å². The quantitative estimate of drug-likeness (QED) is 0.422. The molecule has 1 aromatic carbocycles. The predicted molar refractivity (Wildman–Crippen MR) is 131 cm³/mol. The first kappa shape index (κ1) is 23.5. The normalized spacial score (nSPS) is 30.1. The first-order valence-corrected chi connectivity index (χ1v) is 12.6. The Kier molecular flexibility index (Phi) is 6.31. The molecule has 2 aromatic rings. The van der Waals surface area contributed by atoms with Crippen molar-refractivity contribution in [1.29, 1.82) is 5.26 Å². The zero-order valence-electron chi connectivity index (χ0n) is 20.0. The molecule has 35 heavy (non-hydrogen) atoms. The minimum atomic E-state index is -0.139. The Morgan fingerprint density at radius 2 is 2.20 bits per heavy atom. The highest BCUT2D eigenvalue weighted by molar-refractivity contribution is 5.92. The van der Waals surface area contributed by atoms with Crippen LogP contribution in [0.25, 0.3) is 0 Å². The molecule has 0 radical (unpaired) electrons. The van der Waals surface area contributed by atoms with Crippen molar-refractivity contribution in [3.05, 3.63) is 59.0 Å². The smallest absolute Gasteiger partial charge is 0.225 e. The Labute approximate surface area is 205 Å². The van der Waals surface area contributed by atoms with Gasteiger partial charge in [0.1, 0.15) is 17.7 Å². The number of benzene rings is 1. The van der Waals surface area contributed by atoms with Gasteiger partial charge in [0.15, 0.2) is 0 Å². The molecule has 0 aliphatic heterocycles. The number of nitrogens with zero attached hydrogens (tertiary/aromatic N) is 3. The molecule has 5 rings (SSSR count). The molecule has 0 saturated heterocycles. The van der Waals surface area contributed by atoms with Crippen LogP contribution in [0, 0.1) is 40.3 Å². The van der Waals surface area contributed by atoms with Crippen LogP contribution in [0.3, 0.4) is 0 Å². The van der Waals surface area contributed by atoms with Gasteiger partial charge < -0.3 is 10.5 Å². The van der Waals surface area contributed by atoms with Crippen LogP contribution in [-0.2, 0) is 11.2 Å². The summed E-state index contributed by atoms with van der Waals surface area (Å²) in [4.78, 5) is 16.6. The van der Waals surface area contributed by atoms with E-state index in [2.05, 4.69) is 28.4 Å². The largest absolute Gasteiger partial charge is 0.411 e. The number of oxime groups is 1. The Bertz CT molecular complexity index is 1190. The third-order valence-electron chi connectivity index (χ3n) is 8.85. The lowest BCUT2D eigenvalue weighted by Crippen LogP contribution is -2.44. The van der Waals surface area contributed by atoms with Crippen LogP contribution in [0.5, 0.6) is 0 Å². The number of fused-ring (bicyclic) bond motifs is 5. The van der Waals surface area contributed by atoms with Crippen molar-refractivity contribution in [2.45, 2.75) is 64.2 Å². The molecule has 2 N–H and O–H groups in total. The Balaban J connectivity index is 1.28. The van der Waals surface area contributed by atoms with Gasteiger partial charge in [0.05, 0.1) is 11.3 Å². The van der Waals surface area contributed by atoms with E-state index >= 15 is 0 Å². The molecular formula is C28H31FN4O2. The summed E-state index contributed by atoms with van der Waals surface area (Å²) in [5.41, 5.74) is 3.26. The number of anilines is 1. The van der Waals surface area contributed by atoms with Crippen LogP contribution in [0.15, 0.2) is 41.7 Å². The molecule has 2 fully saturated rings. The summed E-state index contributed by atoms with van der Waals surface area (Å²) >= 11 is 0. The maximum absolute atomic E-state index is 14.5. The number of hydrogen-bond donors (Lipinski definition) is 2. The van der Waals surface area contributed by atoms with E-state index < -0.39 is 0 Å². The molecule has 1 amide bonds. The number of pyridine rings is 1. The van der Waals surface area contributed by atoms with E-state index in [1.807, 2.05) is 12.1 Å². The summed E-state index contributed by atoms with van der Waals surface area (Å²) in [6.45, 7) is 2.24. The number of halogens is 1. The molecule has 2 saturated carbocycles. The monoisotopic (exact) mass is 474 g/mol.